The van der Waals surface area contributed by atoms with Crippen molar-refractivity contribution in [2.45, 2.75) is 84.5 Å². The van der Waals surface area contributed by atoms with E-state index in [1.807, 2.05) is 0 Å². The predicted octanol–water partition coefficient (Wildman–Crippen LogP) is 6.43. The van der Waals surface area contributed by atoms with Gasteiger partial charge in [-0.15, -0.1) is 0 Å². The highest BCUT2D eigenvalue weighted by atomic mass is 13.9. The summed E-state index contributed by atoms with van der Waals surface area (Å²) in [5, 5.41) is 0. The maximum atomic E-state index is 2.31. The van der Waals surface area contributed by atoms with Crippen LogP contribution in [0.25, 0.3) is 0 Å². The van der Waals surface area contributed by atoms with Crippen LogP contribution in [0.4, 0.5) is 0 Å². The molecule has 0 aliphatic carbocycles. The zero-order chi connectivity index (χ0) is 12.6. The molecule has 0 amide bonds. The molecule has 0 aromatic rings. The molecule has 0 heterocycles. The van der Waals surface area contributed by atoms with Gasteiger partial charge in [0, 0.05) is 0 Å². The molecule has 0 N–H and O–H groups in total. The first-order valence-electron chi connectivity index (χ1n) is 7.73. The molecule has 0 unspecified atom stereocenters. The summed E-state index contributed by atoms with van der Waals surface area (Å²) in [6.07, 6.45) is 24.0. The summed E-state index contributed by atoms with van der Waals surface area (Å²) in [6.45, 7) is 4.52. The van der Waals surface area contributed by atoms with Crippen molar-refractivity contribution in [3.63, 3.8) is 0 Å². The molecule has 0 spiro atoms. The summed E-state index contributed by atoms with van der Waals surface area (Å²) < 4.78 is 0. The molecule has 0 radical (unpaired) electrons. The Balaban J connectivity index is 3.11. The third-order valence-corrected chi connectivity index (χ3v) is 3.08. The molecule has 0 aromatic carbocycles. The molecule has 0 bridgehead atoms. The van der Waals surface area contributed by atoms with Crippen molar-refractivity contribution >= 4 is 0 Å². The van der Waals surface area contributed by atoms with Crippen molar-refractivity contribution in [1.29, 1.82) is 0 Å². The van der Waals surface area contributed by atoms with E-state index in [0.717, 1.165) is 0 Å². The molecule has 0 rings (SSSR count). The maximum absolute atomic E-state index is 2.31. The van der Waals surface area contributed by atoms with Crippen LogP contribution in [-0.4, -0.2) is 0 Å². The van der Waals surface area contributed by atoms with Gasteiger partial charge < -0.3 is 0 Å². The molecule has 0 saturated heterocycles. The number of rotatable bonds is 12. The van der Waals surface area contributed by atoms with E-state index in [-0.39, 0.29) is 0 Å². The van der Waals surface area contributed by atoms with Crippen molar-refractivity contribution in [1.82, 2.24) is 0 Å². The molecule has 0 heteroatoms. The van der Waals surface area contributed by atoms with Gasteiger partial charge >= 0.3 is 0 Å². The van der Waals surface area contributed by atoms with Crippen molar-refractivity contribution in [2.75, 3.05) is 0 Å². The molecule has 17 heavy (non-hydrogen) atoms. The first-order chi connectivity index (χ1) is 8.41. The molecule has 0 saturated carbocycles. The van der Waals surface area contributed by atoms with E-state index in [1.165, 1.54) is 70.6 Å². The standard InChI is InChI=1S/C17H32/c1-3-5-7-9-11-13-15-17-16-14-12-10-8-6-4-2/h9,11,13,15H,3-8,10,12,14,16-17H2,1-2H3. The van der Waals surface area contributed by atoms with Gasteiger partial charge in [0.25, 0.3) is 0 Å². The second-order valence-electron chi connectivity index (χ2n) is 4.91. The van der Waals surface area contributed by atoms with Gasteiger partial charge in [-0.05, 0) is 19.3 Å². The minimum Gasteiger partial charge on any atom is -0.0845 e. The van der Waals surface area contributed by atoms with Crippen molar-refractivity contribution in [2.24, 2.45) is 0 Å². The molecular formula is C17H32. The lowest BCUT2D eigenvalue weighted by atomic mass is 10.1. The van der Waals surface area contributed by atoms with Gasteiger partial charge in [-0.1, -0.05) is 89.5 Å². The third kappa shape index (κ3) is 15.5. The summed E-state index contributed by atoms with van der Waals surface area (Å²) in [5.41, 5.74) is 0. The van der Waals surface area contributed by atoms with Gasteiger partial charge in [0.1, 0.15) is 0 Å². The van der Waals surface area contributed by atoms with Crippen LogP contribution in [0.5, 0.6) is 0 Å². The summed E-state index contributed by atoms with van der Waals surface area (Å²) in [7, 11) is 0. The Morgan fingerprint density at radius 3 is 1.59 bits per heavy atom. The molecule has 0 fully saturated rings. The number of hydrogen-bond donors (Lipinski definition) is 0. The Morgan fingerprint density at radius 1 is 0.529 bits per heavy atom. The van der Waals surface area contributed by atoms with Crippen LogP contribution in [0.15, 0.2) is 24.3 Å². The van der Waals surface area contributed by atoms with Crippen LogP contribution in [0.1, 0.15) is 84.5 Å². The minimum absolute atomic E-state index is 1.23. The molecule has 0 aromatic heterocycles. The highest BCUT2D eigenvalue weighted by Crippen LogP contribution is 2.08. The van der Waals surface area contributed by atoms with E-state index in [1.54, 1.807) is 0 Å². The minimum atomic E-state index is 1.23. The lowest BCUT2D eigenvalue weighted by molar-refractivity contribution is 0.592. The van der Waals surface area contributed by atoms with E-state index in [4.69, 9.17) is 0 Å². The average molecular weight is 236 g/mol. The largest absolute Gasteiger partial charge is 0.0845 e. The Kier molecular flexibility index (Phi) is 15.0. The smallest absolute Gasteiger partial charge is 0.0348 e. The Bertz CT molecular complexity index is 176. The fourth-order valence-electron chi connectivity index (χ4n) is 1.89. The summed E-state index contributed by atoms with van der Waals surface area (Å²) in [4.78, 5) is 0. The summed E-state index contributed by atoms with van der Waals surface area (Å²) in [6, 6.07) is 0. The molecule has 0 atom stereocenters. The lowest BCUT2D eigenvalue weighted by Gasteiger charge is -1.98. The van der Waals surface area contributed by atoms with Crippen LogP contribution < -0.4 is 0 Å². The molecule has 0 aliphatic rings. The first-order valence-corrected chi connectivity index (χ1v) is 7.73. The summed E-state index contributed by atoms with van der Waals surface area (Å²) in [5.74, 6) is 0. The lowest BCUT2D eigenvalue weighted by Crippen LogP contribution is -1.78. The number of hydrogen-bond acceptors (Lipinski definition) is 0. The average Bonchev–Trinajstić information content (AvgIpc) is 2.35. The summed E-state index contributed by atoms with van der Waals surface area (Å²) >= 11 is 0. The number of unbranched alkanes of at least 4 members (excludes halogenated alkanes) is 9. The second-order valence-corrected chi connectivity index (χ2v) is 4.91. The van der Waals surface area contributed by atoms with Gasteiger partial charge in [0.15, 0.2) is 0 Å². The fraction of sp³-hybridized carbons (Fsp3) is 0.765. The SMILES string of the molecule is CCCCC=CC=CCCCCCCCCC. The van der Waals surface area contributed by atoms with Crippen molar-refractivity contribution < 1.29 is 0 Å². The van der Waals surface area contributed by atoms with Gasteiger partial charge in [0.05, 0.1) is 0 Å². The molecular weight excluding hydrogens is 204 g/mol. The maximum Gasteiger partial charge on any atom is -0.0348 e. The van der Waals surface area contributed by atoms with Crippen LogP contribution in [0.3, 0.4) is 0 Å². The molecule has 0 aliphatic heterocycles. The van der Waals surface area contributed by atoms with E-state index in [0.29, 0.717) is 0 Å². The normalized spacial score (nSPS) is 11.9. The van der Waals surface area contributed by atoms with Crippen LogP contribution in [0, 0.1) is 0 Å². The van der Waals surface area contributed by atoms with E-state index < -0.39 is 0 Å². The van der Waals surface area contributed by atoms with Crippen molar-refractivity contribution in [3.05, 3.63) is 24.3 Å². The Labute approximate surface area is 109 Å². The van der Waals surface area contributed by atoms with Crippen molar-refractivity contribution in [3.8, 4) is 0 Å². The second kappa shape index (κ2) is 15.5. The fourth-order valence-corrected chi connectivity index (χ4v) is 1.89. The first kappa shape index (κ1) is 16.5. The quantitative estimate of drug-likeness (QED) is 0.270. The van der Waals surface area contributed by atoms with E-state index in [9.17, 15) is 0 Å². The van der Waals surface area contributed by atoms with Crippen LogP contribution >= 0.6 is 0 Å². The van der Waals surface area contributed by atoms with Gasteiger partial charge in [-0.2, -0.15) is 0 Å². The zero-order valence-electron chi connectivity index (χ0n) is 12.1. The highest BCUT2D eigenvalue weighted by molar-refractivity contribution is 5.02. The van der Waals surface area contributed by atoms with Crippen LogP contribution in [-0.2, 0) is 0 Å². The Morgan fingerprint density at radius 2 is 1.00 bits per heavy atom. The monoisotopic (exact) mass is 236 g/mol. The van der Waals surface area contributed by atoms with E-state index >= 15 is 0 Å². The highest BCUT2D eigenvalue weighted by Gasteiger charge is 1.88. The zero-order valence-corrected chi connectivity index (χ0v) is 12.1. The van der Waals surface area contributed by atoms with Gasteiger partial charge in [-0.25, -0.2) is 0 Å². The van der Waals surface area contributed by atoms with E-state index in [2.05, 4.69) is 38.2 Å². The third-order valence-electron chi connectivity index (χ3n) is 3.08. The van der Waals surface area contributed by atoms with Gasteiger partial charge in [-0.3, -0.25) is 0 Å². The predicted molar refractivity (Wildman–Crippen MR) is 80.4 cm³/mol. The Hall–Kier alpha value is -0.520. The molecule has 0 nitrogen and oxygen atoms in total. The number of allylic oxidation sites excluding steroid dienone is 4. The molecule has 100 valence electrons. The van der Waals surface area contributed by atoms with Crippen LogP contribution in [0.2, 0.25) is 0 Å². The topological polar surface area (TPSA) is 0 Å². The van der Waals surface area contributed by atoms with Gasteiger partial charge in [0.2, 0.25) is 0 Å².